The molecule has 1 aliphatic carbocycles. The molecule has 0 heterocycles. The van der Waals surface area contributed by atoms with E-state index in [0.29, 0.717) is 6.42 Å². The number of carbonyl (C=O) groups excluding carboxylic acids is 1. The Bertz CT molecular complexity index is 249. The number of rotatable bonds is 4. The van der Waals surface area contributed by atoms with E-state index < -0.39 is 0 Å². The number of allylic oxidation sites excluding steroid dienone is 4. The van der Waals surface area contributed by atoms with Crippen molar-refractivity contribution in [3.05, 3.63) is 36.0 Å². The lowest BCUT2D eigenvalue weighted by Crippen LogP contribution is -2.00. The van der Waals surface area contributed by atoms with E-state index in [1.165, 1.54) is 5.57 Å². The van der Waals surface area contributed by atoms with Gasteiger partial charge in [-0.15, -0.1) is 0 Å². The van der Waals surface area contributed by atoms with E-state index in [4.69, 9.17) is 4.74 Å². The zero-order chi connectivity index (χ0) is 9.52. The highest BCUT2D eigenvalue weighted by molar-refractivity contribution is 5.50. The molecular weight excluding hydrogens is 164 g/mol. The molecule has 13 heavy (non-hydrogen) atoms. The average molecular weight is 178 g/mol. The summed E-state index contributed by atoms with van der Waals surface area (Å²) in [7, 11) is 1.68. The van der Waals surface area contributed by atoms with Crippen molar-refractivity contribution < 1.29 is 9.53 Å². The first-order valence-electron chi connectivity index (χ1n) is 4.39. The Hall–Kier alpha value is -1.15. The second kappa shape index (κ2) is 5.49. The van der Waals surface area contributed by atoms with Crippen LogP contribution in [0.4, 0.5) is 0 Å². The normalized spacial score (nSPS) is 21.0. The summed E-state index contributed by atoms with van der Waals surface area (Å²) in [5.41, 5.74) is 1.17. The van der Waals surface area contributed by atoms with Gasteiger partial charge in [-0.3, -0.25) is 0 Å². The molecule has 0 saturated heterocycles. The van der Waals surface area contributed by atoms with Crippen LogP contribution in [0.3, 0.4) is 0 Å². The Kier molecular flexibility index (Phi) is 4.19. The van der Waals surface area contributed by atoms with Crippen molar-refractivity contribution in [3.8, 4) is 0 Å². The van der Waals surface area contributed by atoms with Gasteiger partial charge >= 0.3 is 0 Å². The maximum Gasteiger partial charge on any atom is 0.120 e. The molecule has 0 fully saturated rings. The van der Waals surface area contributed by atoms with Crippen LogP contribution in [0.25, 0.3) is 0 Å². The number of aldehydes is 1. The minimum absolute atomic E-state index is 0.0602. The Morgan fingerprint density at radius 2 is 2.38 bits per heavy atom. The molecule has 0 aromatic rings. The maximum atomic E-state index is 10.2. The second-order valence-electron chi connectivity index (χ2n) is 2.89. The fourth-order valence-electron chi connectivity index (χ4n) is 1.18. The topological polar surface area (TPSA) is 26.3 Å². The number of carbonyl (C=O) groups is 1. The van der Waals surface area contributed by atoms with Gasteiger partial charge in [-0.2, -0.15) is 0 Å². The molecule has 0 aliphatic heterocycles. The summed E-state index contributed by atoms with van der Waals surface area (Å²) in [4.78, 5) is 10.2. The Morgan fingerprint density at radius 3 is 3.08 bits per heavy atom. The molecule has 1 aliphatic rings. The molecule has 2 heteroatoms. The predicted molar refractivity (Wildman–Crippen MR) is 52.5 cm³/mol. The van der Waals surface area contributed by atoms with Crippen LogP contribution in [0.2, 0.25) is 0 Å². The molecule has 0 N–H and O–H groups in total. The molecule has 0 bridgehead atoms. The fraction of sp³-hybridized carbons (Fsp3) is 0.364. The van der Waals surface area contributed by atoms with E-state index in [-0.39, 0.29) is 6.10 Å². The van der Waals surface area contributed by atoms with Crippen LogP contribution in [0.15, 0.2) is 36.0 Å². The highest BCUT2D eigenvalue weighted by atomic mass is 16.5. The summed E-state index contributed by atoms with van der Waals surface area (Å²) >= 11 is 0. The lowest BCUT2D eigenvalue weighted by atomic mass is 10.1. The van der Waals surface area contributed by atoms with Crippen LogP contribution in [-0.4, -0.2) is 19.5 Å². The van der Waals surface area contributed by atoms with Gasteiger partial charge in [-0.1, -0.05) is 30.4 Å². The molecule has 0 radical (unpaired) electrons. The van der Waals surface area contributed by atoms with E-state index in [1.807, 2.05) is 30.4 Å². The summed E-state index contributed by atoms with van der Waals surface area (Å²) in [6.07, 6.45) is 12.3. The first-order valence-corrected chi connectivity index (χ1v) is 4.39. The number of hydrogen-bond acceptors (Lipinski definition) is 2. The van der Waals surface area contributed by atoms with E-state index in [1.54, 1.807) is 7.11 Å². The van der Waals surface area contributed by atoms with Gasteiger partial charge in [0.1, 0.15) is 6.29 Å². The summed E-state index contributed by atoms with van der Waals surface area (Å²) in [6.45, 7) is 0. The van der Waals surface area contributed by atoms with Gasteiger partial charge in [0.05, 0.1) is 6.10 Å². The Morgan fingerprint density at radius 1 is 1.54 bits per heavy atom. The lowest BCUT2D eigenvalue weighted by Gasteiger charge is -2.01. The fourth-order valence-corrected chi connectivity index (χ4v) is 1.18. The molecule has 0 saturated carbocycles. The quantitative estimate of drug-likeness (QED) is 0.616. The van der Waals surface area contributed by atoms with Crippen molar-refractivity contribution in [2.75, 3.05) is 7.11 Å². The molecule has 1 atom stereocenters. The molecule has 70 valence electrons. The molecule has 0 spiro atoms. The van der Waals surface area contributed by atoms with Crippen LogP contribution < -0.4 is 0 Å². The summed E-state index contributed by atoms with van der Waals surface area (Å²) < 4.78 is 5.15. The third-order valence-corrected chi connectivity index (χ3v) is 1.93. The zero-order valence-electron chi connectivity index (χ0n) is 7.77. The summed E-state index contributed by atoms with van der Waals surface area (Å²) in [6, 6.07) is 0. The minimum atomic E-state index is 0.0602. The maximum absolute atomic E-state index is 10.2. The molecule has 1 rings (SSSR count). The lowest BCUT2D eigenvalue weighted by molar-refractivity contribution is -0.107. The molecule has 0 amide bonds. The van der Waals surface area contributed by atoms with Crippen molar-refractivity contribution in [2.24, 2.45) is 0 Å². The van der Waals surface area contributed by atoms with Gasteiger partial charge in [-0.05, 0) is 12.0 Å². The van der Waals surface area contributed by atoms with E-state index >= 15 is 0 Å². The van der Waals surface area contributed by atoms with Crippen molar-refractivity contribution in [3.63, 3.8) is 0 Å². The van der Waals surface area contributed by atoms with Crippen molar-refractivity contribution in [1.29, 1.82) is 0 Å². The number of methoxy groups -OCH3 is 1. The standard InChI is InChI=1S/C11H14O2/c1-13-11-6-2-4-10(7-8-11)5-3-9-12/h2,4,6-9,11H,3,5H2,1H3. The van der Waals surface area contributed by atoms with E-state index in [2.05, 4.69) is 0 Å². The van der Waals surface area contributed by atoms with Crippen molar-refractivity contribution in [1.82, 2.24) is 0 Å². The van der Waals surface area contributed by atoms with Crippen LogP contribution in [0.1, 0.15) is 12.8 Å². The molecule has 2 nitrogen and oxygen atoms in total. The monoisotopic (exact) mass is 178 g/mol. The second-order valence-corrected chi connectivity index (χ2v) is 2.89. The smallest absolute Gasteiger partial charge is 0.120 e. The van der Waals surface area contributed by atoms with E-state index in [9.17, 15) is 4.79 Å². The third kappa shape index (κ3) is 3.38. The Labute approximate surface area is 78.6 Å². The van der Waals surface area contributed by atoms with E-state index in [0.717, 1.165) is 12.7 Å². The predicted octanol–water partition coefficient (Wildman–Crippen LogP) is 2.03. The number of hydrogen-bond donors (Lipinski definition) is 0. The minimum Gasteiger partial charge on any atom is -0.373 e. The SMILES string of the molecule is COC1C=CC=C(CCC=O)C=C1. The summed E-state index contributed by atoms with van der Waals surface area (Å²) in [5.74, 6) is 0. The summed E-state index contributed by atoms with van der Waals surface area (Å²) in [5, 5.41) is 0. The Balaban J connectivity index is 2.54. The van der Waals surface area contributed by atoms with Gasteiger partial charge in [-0.25, -0.2) is 0 Å². The van der Waals surface area contributed by atoms with Gasteiger partial charge in [0.15, 0.2) is 0 Å². The van der Waals surface area contributed by atoms with Crippen LogP contribution in [-0.2, 0) is 9.53 Å². The van der Waals surface area contributed by atoms with Gasteiger partial charge in [0.25, 0.3) is 0 Å². The van der Waals surface area contributed by atoms with Crippen LogP contribution in [0.5, 0.6) is 0 Å². The molecular formula is C11H14O2. The van der Waals surface area contributed by atoms with Gasteiger partial charge in [0, 0.05) is 13.5 Å². The van der Waals surface area contributed by atoms with Crippen LogP contribution in [0, 0.1) is 0 Å². The highest BCUT2D eigenvalue weighted by Gasteiger charge is 2.00. The highest BCUT2D eigenvalue weighted by Crippen LogP contribution is 2.11. The van der Waals surface area contributed by atoms with Gasteiger partial charge < -0.3 is 9.53 Å². The third-order valence-electron chi connectivity index (χ3n) is 1.93. The van der Waals surface area contributed by atoms with Crippen molar-refractivity contribution in [2.45, 2.75) is 18.9 Å². The number of ether oxygens (including phenoxy) is 1. The first-order chi connectivity index (χ1) is 6.36. The van der Waals surface area contributed by atoms with Crippen molar-refractivity contribution >= 4 is 6.29 Å². The van der Waals surface area contributed by atoms with Crippen LogP contribution >= 0.6 is 0 Å². The molecule has 0 aromatic carbocycles. The largest absolute Gasteiger partial charge is 0.373 e. The average Bonchev–Trinajstić information content (AvgIpc) is 2.39. The van der Waals surface area contributed by atoms with Gasteiger partial charge in [0.2, 0.25) is 0 Å². The first kappa shape index (κ1) is 9.93. The molecule has 1 unspecified atom stereocenters. The zero-order valence-corrected chi connectivity index (χ0v) is 7.77. The molecule has 0 aromatic heterocycles.